The Morgan fingerprint density at radius 1 is 1.44 bits per heavy atom. The molecule has 104 valence electrons. The maximum atomic E-state index is 12.5. The van der Waals surface area contributed by atoms with E-state index in [1.807, 2.05) is 0 Å². The van der Waals surface area contributed by atoms with Crippen LogP contribution in [-0.2, 0) is 9.53 Å². The van der Waals surface area contributed by atoms with Crippen LogP contribution in [0.5, 0.6) is 0 Å². The summed E-state index contributed by atoms with van der Waals surface area (Å²) < 4.78 is 5.02. The van der Waals surface area contributed by atoms with Crippen molar-refractivity contribution in [1.29, 1.82) is 0 Å². The minimum atomic E-state index is -0.0408. The molecule has 0 spiro atoms. The zero-order valence-corrected chi connectivity index (χ0v) is 11.1. The Morgan fingerprint density at radius 3 is 3.00 bits per heavy atom. The smallest absolute Gasteiger partial charge is 0.240 e. The second kappa shape index (κ2) is 6.50. The summed E-state index contributed by atoms with van der Waals surface area (Å²) in [5.41, 5.74) is 0. The van der Waals surface area contributed by atoms with E-state index in [-0.39, 0.29) is 18.6 Å². The fraction of sp³-hybridized carbons (Fsp3) is 0.923. The van der Waals surface area contributed by atoms with Crippen molar-refractivity contribution in [3.63, 3.8) is 0 Å². The lowest BCUT2D eigenvalue weighted by atomic mass is 9.93. The number of aliphatic hydroxyl groups excluding tert-OH is 1. The molecule has 5 heteroatoms. The van der Waals surface area contributed by atoms with Gasteiger partial charge in [-0.25, -0.2) is 0 Å². The summed E-state index contributed by atoms with van der Waals surface area (Å²) in [4.78, 5) is 14.2. The van der Waals surface area contributed by atoms with Crippen LogP contribution in [0.25, 0.3) is 0 Å². The Kier molecular flexibility index (Phi) is 4.97. The molecule has 1 amide bonds. The SMILES string of the molecule is COCCN(CCO)C(=O)C1NCC2CCCC21. The van der Waals surface area contributed by atoms with E-state index in [4.69, 9.17) is 9.84 Å². The highest BCUT2D eigenvalue weighted by atomic mass is 16.5. The summed E-state index contributed by atoms with van der Waals surface area (Å²) in [5, 5.41) is 12.4. The Labute approximate surface area is 108 Å². The van der Waals surface area contributed by atoms with Gasteiger partial charge in [0.15, 0.2) is 0 Å². The van der Waals surface area contributed by atoms with Crippen LogP contribution in [0.2, 0.25) is 0 Å². The number of fused-ring (bicyclic) bond motifs is 1. The second-order valence-electron chi connectivity index (χ2n) is 5.28. The molecule has 1 saturated carbocycles. The zero-order valence-electron chi connectivity index (χ0n) is 11.1. The molecule has 1 saturated heterocycles. The van der Waals surface area contributed by atoms with Crippen molar-refractivity contribution in [3.05, 3.63) is 0 Å². The molecular formula is C13H24N2O3. The maximum absolute atomic E-state index is 12.5. The number of hydrogen-bond acceptors (Lipinski definition) is 4. The van der Waals surface area contributed by atoms with Gasteiger partial charge in [-0.3, -0.25) is 4.79 Å². The first-order valence-corrected chi connectivity index (χ1v) is 6.90. The Balaban J connectivity index is 1.94. The normalized spacial score (nSPS) is 30.4. The number of nitrogens with one attached hydrogen (secondary N) is 1. The summed E-state index contributed by atoms with van der Waals surface area (Å²) in [5.74, 6) is 1.31. The molecule has 0 bridgehead atoms. The van der Waals surface area contributed by atoms with Gasteiger partial charge in [0.05, 0.1) is 19.3 Å². The van der Waals surface area contributed by atoms with Gasteiger partial charge in [0.1, 0.15) is 0 Å². The summed E-state index contributed by atoms with van der Waals surface area (Å²) in [7, 11) is 1.63. The number of hydrogen-bond donors (Lipinski definition) is 2. The first-order valence-electron chi connectivity index (χ1n) is 6.90. The van der Waals surface area contributed by atoms with E-state index in [9.17, 15) is 4.79 Å². The van der Waals surface area contributed by atoms with E-state index >= 15 is 0 Å². The third-order valence-corrected chi connectivity index (χ3v) is 4.26. The molecule has 1 aliphatic heterocycles. The monoisotopic (exact) mass is 256 g/mol. The quantitative estimate of drug-likeness (QED) is 0.693. The fourth-order valence-corrected chi connectivity index (χ4v) is 3.31. The van der Waals surface area contributed by atoms with Gasteiger partial charge in [-0.05, 0) is 31.2 Å². The van der Waals surface area contributed by atoms with E-state index in [0.717, 1.165) is 13.0 Å². The summed E-state index contributed by atoms with van der Waals surface area (Å²) in [6.07, 6.45) is 3.66. The fourth-order valence-electron chi connectivity index (χ4n) is 3.31. The third-order valence-electron chi connectivity index (χ3n) is 4.26. The molecule has 0 aromatic carbocycles. The maximum Gasteiger partial charge on any atom is 0.240 e. The molecular weight excluding hydrogens is 232 g/mol. The van der Waals surface area contributed by atoms with Crippen LogP contribution in [-0.4, -0.2) is 61.9 Å². The molecule has 5 nitrogen and oxygen atoms in total. The van der Waals surface area contributed by atoms with Crippen molar-refractivity contribution in [2.45, 2.75) is 25.3 Å². The number of rotatable bonds is 6. The number of carbonyl (C=O) groups is 1. The van der Waals surface area contributed by atoms with Crippen molar-refractivity contribution in [3.8, 4) is 0 Å². The van der Waals surface area contributed by atoms with Crippen molar-refractivity contribution in [2.75, 3.05) is 40.0 Å². The van der Waals surface area contributed by atoms with Gasteiger partial charge in [0.25, 0.3) is 0 Å². The van der Waals surface area contributed by atoms with Crippen LogP contribution in [0, 0.1) is 11.8 Å². The Bertz CT molecular complexity index is 285. The van der Waals surface area contributed by atoms with Gasteiger partial charge >= 0.3 is 0 Å². The third kappa shape index (κ3) is 2.84. The molecule has 3 unspecified atom stereocenters. The van der Waals surface area contributed by atoms with Gasteiger partial charge < -0.3 is 20.1 Å². The molecule has 2 aliphatic rings. The molecule has 1 aliphatic carbocycles. The molecule has 18 heavy (non-hydrogen) atoms. The van der Waals surface area contributed by atoms with Crippen molar-refractivity contribution in [2.24, 2.45) is 11.8 Å². The summed E-state index contributed by atoms with van der Waals surface area (Å²) in [6.45, 7) is 2.46. The van der Waals surface area contributed by atoms with Gasteiger partial charge in [-0.15, -0.1) is 0 Å². The van der Waals surface area contributed by atoms with E-state index in [1.165, 1.54) is 12.8 Å². The van der Waals surface area contributed by atoms with Crippen LogP contribution in [0.4, 0.5) is 0 Å². The van der Waals surface area contributed by atoms with E-state index in [2.05, 4.69) is 5.32 Å². The van der Waals surface area contributed by atoms with Gasteiger partial charge in [0, 0.05) is 20.2 Å². The lowest BCUT2D eigenvalue weighted by molar-refractivity contribution is -0.135. The molecule has 1 heterocycles. The zero-order chi connectivity index (χ0) is 13.0. The number of nitrogens with zero attached hydrogens (tertiary/aromatic N) is 1. The van der Waals surface area contributed by atoms with Crippen LogP contribution in [0.3, 0.4) is 0 Å². The highest BCUT2D eigenvalue weighted by molar-refractivity contribution is 5.82. The molecule has 2 fully saturated rings. The molecule has 3 atom stereocenters. The highest BCUT2D eigenvalue weighted by Crippen LogP contribution is 2.38. The number of ether oxygens (including phenoxy) is 1. The van der Waals surface area contributed by atoms with Gasteiger partial charge in [0.2, 0.25) is 5.91 Å². The average Bonchev–Trinajstić information content (AvgIpc) is 2.95. The Hall–Kier alpha value is -0.650. The van der Waals surface area contributed by atoms with Gasteiger partial charge in [-0.2, -0.15) is 0 Å². The largest absolute Gasteiger partial charge is 0.395 e. The minimum absolute atomic E-state index is 0.0102. The molecule has 0 aromatic heterocycles. The predicted octanol–water partition coefficient (Wildman–Crippen LogP) is -0.158. The molecule has 2 N–H and O–H groups in total. The number of carbonyl (C=O) groups excluding carboxylic acids is 1. The molecule has 2 rings (SSSR count). The minimum Gasteiger partial charge on any atom is -0.395 e. The second-order valence-corrected chi connectivity index (χ2v) is 5.28. The van der Waals surface area contributed by atoms with Crippen LogP contribution in [0.1, 0.15) is 19.3 Å². The van der Waals surface area contributed by atoms with Crippen molar-refractivity contribution in [1.82, 2.24) is 10.2 Å². The highest BCUT2D eigenvalue weighted by Gasteiger charge is 2.43. The Morgan fingerprint density at radius 2 is 2.28 bits per heavy atom. The first-order chi connectivity index (χ1) is 8.77. The van der Waals surface area contributed by atoms with E-state index in [0.29, 0.717) is 31.5 Å². The summed E-state index contributed by atoms with van der Waals surface area (Å²) in [6, 6.07) is -0.0408. The predicted molar refractivity (Wildman–Crippen MR) is 68.2 cm³/mol. The molecule has 0 radical (unpaired) electrons. The van der Waals surface area contributed by atoms with Crippen LogP contribution in [0.15, 0.2) is 0 Å². The van der Waals surface area contributed by atoms with Crippen LogP contribution < -0.4 is 5.32 Å². The number of amides is 1. The lowest BCUT2D eigenvalue weighted by Gasteiger charge is -2.27. The standard InChI is InChI=1S/C13H24N2O3/c1-18-8-6-15(5-7-16)13(17)12-11-4-2-3-10(11)9-14-12/h10-12,14,16H,2-9H2,1H3. The average molecular weight is 256 g/mol. The first kappa shape index (κ1) is 13.8. The number of aliphatic hydroxyl groups is 1. The lowest BCUT2D eigenvalue weighted by Crippen LogP contribution is -2.48. The van der Waals surface area contributed by atoms with E-state index < -0.39 is 0 Å². The van der Waals surface area contributed by atoms with Gasteiger partial charge in [-0.1, -0.05) is 6.42 Å². The van der Waals surface area contributed by atoms with E-state index in [1.54, 1.807) is 12.0 Å². The number of methoxy groups -OCH3 is 1. The molecule has 0 aromatic rings. The summed E-state index contributed by atoms with van der Waals surface area (Å²) >= 11 is 0. The van der Waals surface area contributed by atoms with Crippen molar-refractivity contribution < 1.29 is 14.6 Å². The van der Waals surface area contributed by atoms with Crippen LogP contribution >= 0.6 is 0 Å². The topological polar surface area (TPSA) is 61.8 Å². The van der Waals surface area contributed by atoms with Crippen molar-refractivity contribution >= 4 is 5.91 Å².